The molecular weight excluding hydrogens is 1220 g/mol. The van der Waals surface area contributed by atoms with Crippen LogP contribution in [-0.4, -0.2) is 194 Å². The highest BCUT2D eigenvalue weighted by Crippen LogP contribution is 2.72. The number of urea groups is 1. The number of rotatable bonds is 18. The number of piperazine rings is 1. The number of carbonyl (C=O) groups is 6. The van der Waals surface area contributed by atoms with Crippen molar-refractivity contribution in [2.24, 2.45) is 11.1 Å². The number of aromatic hydroxyl groups is 2. The summed E-state index contributed by atoms with van der Waals surface area (Å²) in [4.78, 5) is 101. The number of esters is 1. The van der Waals surface area contributed by atoms with Crippen LogP contribution in [0, 0.1) is 5.41 Å². The first-order chi connectivity index (χ1) is 42.5. The molecule has 4 fully saturated rings. The monoisotopic (exact) mass is 1300 g/mol. The summed E-state index contributed by atoms with van der Waals surface area (Å²) in [5, 5.41) is 45.3. The average molecular weight is 1300 g/mol. The van der Waals surface area contributed by atoms with E-state index in [1.165, 1.54) is 70.2 Å². The number of epoxide rings is 1. The number of allylic oxidation sites excluding steroid dienone is 3. The van der Waals surface area contributed by atoms with E-state index < -0.39 is 94.2 Å². The highest BCUT2D eigenvalue weighted by molar-refractivity contribution is 8.76. The van der Waals surface area contributed by atoms with Gasteiger partial charge in [0.05, 0.1) is 30.5 Å². The van der Waals surface area contributed by atoms with Crippen LogP contribution in [0.3, 0.4) is 0 Å². The van der Waals surface area contributed by atoms with Crippen molar-refractivity contribution >= 4 is 74.7 Å². The van der Waals surface area contributed by atoms with Crippen molar-refractivity contribution in [2.45, 2.75) is 133 Å². The number of likely N-dealkylation sites (N-methyl/N-ethyl adjacent to an activating group) is 1. The molecule has 5 heterocycles. The molecule has 486 valence electrons. The molecule has 4 aliphatic heterocycles. The second kappa shape index (κ2) is 26.9. The molecule has 1 spiro atoms. The number of carbonyl (C=O) groups excluding carboxylic acids is 6. The third-order valence-corrected chi connectivity index (χ3v) is 20.7. The number of anilines is 1. The molecule has 4 bridgehead atoms. The zero-order valence-corrected chi connectivity index (χ0v) is 54.4. The molecule has 0 unspecified atom stereocenters. The van der Waals surface area contributed by atoms with Gasteiger partial charge >= 0.3 is 23.8 Å². The number of aromatic nitrogens is 3. The molecule has 3 aromatic carbocycles. The molecule has 6 amide bonds. The number of H-pyrrole nitrogens is 1. The highest BCUT2D eigenvalue weighted by atomic mass is 35.5. The molecule has 1 aromatic heterocycles. The van der Waals surface area contributed by atoms with Gasteiger partial charge in [0.25, 0.3) is 0 Å². The van der Waals surface area contributed by atoms with Gasteiger partial charge in [0.1, 0.15) is 63.9 Å². The van der Waals surface area contributed by atoms with E-state index in [4.69, 9.17) is 41.0 Å². The maximum absolute atomic E-state index is 14.5. The molecule has 28 heteroatoms. The van der Waals surface area contributed by atoms with E-state index in [1.807, 2.05) is 45.9 Å². The smallest absolute Gasteiger partial charge is 0.410 e. The van der Waals surface area contributed by atoms with E-state index in [0.29, 0.717) is 61.8 Å². The number of alkyl carbamates (subject to hydrolysis) is 1. The highest BCUT2D eigenvalue weighted by Gasteiger charge is 2.83. The Morgan fingerprint density at radius 1 is 0.989 bits per heavy atom. The number of amides is 6. The number of hydrogen-bond acceptors (Lipinski definition) is 19. The van der Waals surface area contributed by atoms with E-state index in [2.05, 4.69) is 25.7 Å². The molecule has 1 aliphatic carbocycles. The lowest BCUT2D eigenvalue weighted by Crippen LogP contribution is -2.64. The minimum atomic E-state index is -1.89. The van der Waals surface area contributed by atoms with Gasteiger partial charge in [-0.25, -0.2) is 28.8 Å². The van der Waals surface area contributed by atoms with Gasteiger partial charge in [0, 0.05) is 89.8 Å². The number of nitrogens with one attached hydrogen (secondary N) is 3. The summed E-state index contributed by atoms with van der Waals surface area (Å²) in [6.07, 6.45) is 1.61. The van der Waals surface area contributed by atoms with Crippen LogP contribution in [0.4, 0.5) is 15.3 Å². The number of halogens is 1. The molecule has 9 atom stereocenters. The van der Waals surface area contributed by atoms with E-state index in [1.54, 1.807) is 61.4 Å². The van der Waals surface area contributed by atoms with Crippen LogP contribution in [0.5, 0.6) is 17.2 Å². The van der Waals surface area contributed by atoms with Crippen molar-refractivity contribution in [3.8, 4) is 34.3 Å². The molecule has 1 saturated carbocycles. The van der Waals surface area contributed by atoms with Crippen molar-refractivity contribution in [3.05, 3.63) is 105 Å². The molecule has 0 radical (unpaired) electrons. The zero-order chi connectivity index (χ0) is 65.4. The number of hydrogen-bond donors (Lipinski definition) is 7. The number of fused-ring (bicyclic) bond motifs is 5. The third kappa shape index (κ3) is 14.0. The Bertz CT molecular complexity index is 3540. The lowest BCUT2D eigenvalue weighted by atomic mass is 9.83. The Hall–Kier alpha value is -7.27. The van der Waals surface area contributed by atoms with Crippen molar-refractivity contribution in [1.82, 2.24) is 40.1 Å². The van der Waals surface area contributed by atoms with Crippen LogP contribution in [0.1, 0.15) is 89.8 Å². The van der Waals surface area contributed by atoms with Crippen LogP contribution >= 0.6 is 33.2 Å². The summed E-state index contributed by atoms with van der Waals surface area (Å²) in [5.74, 6) is -1.87. The summed E-state index contributed by atoms with van der Waals surface area (Å²) < 4.78 is 31.4. The Balaban J connectivity index is 0.772. The number of ether oxygens (including phenoxy) is 5. The van der Waals surface area contributed by atoms with Crippen LogP contribution < -0.4 is 31.7 Å². The minimum absolute atomic E-state index is 0.0148. The summed E-state index contributed by atoms with van der Waals surface area (Å²) in [5.41, 5.74) is 4.24. The maximum Gasteiger partial charge on any atom is 0.410 e. The Morgan fingerprint density at radius 3 is 2.37 bits per heavy atom. The van der Waals surface area contributed by atoms with E-state index >= 15 is 0 Å². The fourth-order valence-electron chi connectivity index (χ4n) is 12.2. The van der Waals surface area contributed by atoms with E-state index in [-0.39, 0.29) is 71.0 Å². The summed E-state index contributed by atoms with van der Waals surface area (Å²) in [6.45, 7) is 13.2. The molecule has 9 rings (SSSR count). The quantitative estimate of drug-likeness (QED) is 0.0264. The van der Waals surface area contributed by atoms with Gasteiger partial charge in [-0.05, 0) is 86.6 Å². The van der Waals surface area contributed by atoms with Gasteiger partial charge in [0.15, 0.2) is 11.5 Å². The zero-order valence-electron chi connectivity index (χ0n) is 52.0. The molecule has 90 heavy (non-hydrogen) atoms. The SMILES string of the molecule is COc1cc2cc(c1Cl)N(C)C(=O)C[C@H](OC(=O)[C@H](C)N(C)C(=O)CCSSC[C@H](NC(=O)N1CCN(Cc3ccc(-n4c(-c5cc(C(C)C)c(O)cc5O)n[nH]c4=O)cc3)CC1)C(N)=O)[C@]1(C)O[C@H]1[C@]1(C)C[C@]13C[C@@](O)(NC(=O)O3)[C@H](OC)/C=C/C=C(\C)C2. The van der Waals surface area contributed by atoms with Crippen molar-refractivity contribution < 1.29 is 67.8 Å². The number of nitrogens with zero attached hydrogens (tertiary/aromatic N) is 6. The fraction of sp³-hybridized carbons (Fsp3) is 0.516. The number of aromatic amines is 1. The molecule has 25 nitrogen and oxygen atoms in total. The Kier molecular flexibility index (Phi) is 20.1. The predicted octanol–water partition coefficient (Wildman–Crippen LogP) is 5.89. The standard InChI is InChI=1S/C62H79ClN10O15S2/c1-34(2)40-27-41(45(75)28-44(40)74)53-67-68-57(81)73(53)39-16-14-37(15-17-39)30-71-19-21-72(22-20-71)56(80)65-42(52(64)78)31-90-89-23-18-49(76)69(7)36(4)54(79)86-48-29-50(77)70(8)43-25-38(26-46(84-9)51(43)63)24-35(3)12-11-13-47(85-10)62(83)33-61(88-58(82)66-62)32-59(61,5)55-60(48,6)87-55/h11-17,25-28,34,36,42,47-48,55,74-75,83H,18-24,29-33H2,1-10H3,(H2,64,78)(H,65,80)(H,66,82)(H,68,81)/b13-11+,35-12+/t36-,42-,47+,48-,55-,59-,60-,61-,62-/m0/s1. The van der Waals surface area contributed by atoms with Gasteiger partial charge in [0.2, 0.25) is 17.7 Å². The van der Waals surface area contributed by atoms with Gasteiger partial charge in [-0.2, -0.15) is 5.10 Å². The van der Waals surface area contributed by atoms with E-state index in [9.17, 15) is 48.9 Å². The first-order valence-corrected chi connectivity index (χ1v) is 32.4. The van der Waals surface area contributed by atoms with Gasteiger partial charge in [-0.1, -0.05) is 89.9 Å². The van der Waals surface area contributed by atoms with Crippen LogP contribution in [-0.2, 0) is 51.1 Å². The molecule has 8 N–H and O–H groups in total. The Morgan fingerprint density at radius 2 is 1.70 bits per heavy atom. The van der Waals surface area contributed by atoms with E-state index in [0.717, 1.165) is 16.7 Å². The van der Waals surface area contributed by atoms with Crippen molar-refractivity contribution in [2.75, 3.05) is 70.9 Å². The van der Waals surface area contributed by atoms with Crippen LogP contribution in [0.2, 0.25) is 5.02 Å². The number of nitrogens with two attached hydrogens (primary N) is 1. The average Bonchev–Trinajstić information content (AvgIpc) is 1.49. The maximum atomic E-state index is 14.5. The second-order valence-electron chi connectivity index (χ2n) is 24.5. The second-order valence-corrected chi connectivity index (χ2v) is 27.5. The number of primary amides is 1. The first kappa shape index (κ1) is 67.1. The number of aliphatic hydroxyl groups is 1. The topological polar surface area (TPSA) is 326 Å². The number of phenols is 2. The van der Waals surface area contributed by atoms with Crippen LogP contribution in [0.25, 0.3) is 17.1 Å². The number of benzene rings is 3. The Labute approximate surface area is 534 Å². The predicted molar refractivity (Wildman–Crippen MR) is 338 cm³/mol. The molecular formula is C62H79ClN10O15S2. The van der Waals surface area contributed by atoms with Crippen molar-refractivity contribution in [3.63, 3.8) is 0 Å². The number of phenolic OH excluding ortho intramolecular Hbond substituents is 2. The van der Waals surface area contributed by atoms with Gasteiger partial charge < -0.3 is 64.8 Å². The molecule has 4 aromatic rings. The van der Waals surface area contributed by atoms with Crippen molar-refractivity contribution in [1.29, 1.82) is 0 Å². The summed E-state index contributed by atoms with van der Waals surface area (Å²) in [6, 6.07) is 11.1. The lowest BCUT2D eigenvalue weighted by molar-refractivity contribution is -0.162. The van der Waals surface area contributed by atoms with Gasteiger partial charge in [-0.3, -0.25) is 24.6 Å². The lowest BCUT2D eigenvalue weighted by Gasteiger charge is -2.42. The number of methoxy groups -OCH3 is 2. The largest absolute Gasteiger partial charge is 0.508 e. The fourth-order valence-corrected chi connectivity index (χ4v) is 14.7. The molecule has 3 saturated heterocycles. The third-order valence-electron chi connectivity index (χ3n) is 17.9. The summed E-state index contributed by atoms with van der Waals surface area (Å²) in [7, 11) is 8.45. The molecule has 5 aliphatic rings. The normalized spacial score (nSPS) is 26.8. The van der Waals surface area contributed by atoms with Gasteiger partial charge in [-0.15, -0.1) is 0 Å². The summed E-state index contributed by atoms with van der Waals surface area (Å²) >= 11 is 6.86. The minimum Gasteiger partial charge on any atom is -0.508 e. The van der Waals surface area contributed by atoms with Crippen LogP contribution in [0.15, 0.2) is 77.1 Å². The first-order valence-electron chi connectivity index (χ1n) is 29.6.